The lowest BCUT2D eigenvalue weighted by Crippen LogP contribution is -2.58. The Balaban J connectivity index is 1.32. The Bertz CT molecular complexity index is 1210. The molecular formula is C30H39N5O4S. The van der Waals surface area contributed by atoms with Crippen molar-refractivity contribution in [1.82, 2.24) is 20.5 Å². The number of nitrogens with one attached hydrogen (secondary N) is 3. The first-order chi connectivity index (χ1) is 19.4. The highest BCUT2D eigenvalue weighted by Crippen LogP contribution is 2.36. The second-order valence-electron chi connectivity index (χ2n) is 11.2. The smallest absolute Gasteiger partial charge is 0.243 e. The fraction of sp³-hybridized carbons (Fsp3) is 0.533. The minimum atomic E-state index is -0.663. The molecule has 0 unspecified atom stereocenters. The van der Waals surface area contributed by atoms with Gasteiger partial charge in [-0.15, -0.1) is 11.3 Å². The minimum absolute atomic E-state index is 0.0373. The van der Waals surface area contributed by atoms with Crippen molar-refractivity contribution in [3.63, 3.8) is 0 Å². The van der Waals surface area contributed by atoms with Gasteiger partial charge in [-0.05, 0) is 50.5 Å². The first-order valence-corrected chi connectivity index (χ1v) is 15.0. The first kappa shape index (κ1) is 28.4. The quantitative estimate of drug-likeness (QED) is 0.481. The number of hydrogen-bond acceptors (Lipinski definition) is 7. The summed E-state index contributed by atoms with van der Waals surface area (Å²) in [6.07, 6.45) is 9.87. The molecule has 1 aromatic carbocycles. The molecule has 3 amide bonds. The molecule has 2 saturated heterocycles. The molecule has 2 aromatic rings. The number of thiazole rings is 1. The van der Waals surface area contributed by atoms with E-state index < -0.39 is 11.5 Å². The number of allylic oxidation sites excluding steroid dienone is 2. The Morgan fingerprint density at radius 3 is 2.73 bits per heavy atom. The van der Waals surface area contributed by atoms with Crippen LogP contribution in [-0.4, -0.2) is 72.5 Å². The standard InChI is InChI=1S/C30H39N5O4S/c1-21-18-31-29(40-21)34-26(36)20-35-14-10-24-23(19-35)9-5-6-11-30(12-15-39-16-13-30)28(38)33-25(27(37)32-24)17-22-7-3-2-4-8-22/h2-8,18,23-25H,9-17,19-20H2,1H3,(H,32,37)(H,33,38)(H,31,34,36)/b6-5+/t23-,24+,25+/m0/s1. The van der Waals surface area contributed by atoms with Gasteiger partial charge in [0.25, 0.3) is 0 Å². The molecule has 3 N–H and O–H groups in total. The summed E-state index contributed by atoms with van der Waals surface area (Å²) in [6.45, 7) is 4.74. The van der Waals surface area contributed by atoms with Gasteiger partial charge >= 0.3 is 0 Å². The molecule has 0 radical (unpaired) electrons. The van der Waals surface area contributed by atoms with E-state index in [-0.39, 0.29) is 36.2 Å². The summed E-state index contributed by atoms with van der Waals surface area (Å²) in [5, 5.41) is 9.95. The molecule has 3 aliphatic rings. The van der Waals surface area contributed by atoms with Crippen molar-refractivity contribution in [2.45, 2.75) is 57.5 Å². The summed E-state index contributed by atoms with van der Waals surface area (Å²) in [4.78, 5) is 47.6. The van der Waals surface area contributed by atoms with E-state index in [0.29, 0.717) is 57.1 Å². The number of carbonyl (C=O) groups is 3. The van der Waals surface area contributed by atoms with E-state index in [1.807, 2.05) is 37.3 Å². The molecule has 5 rings (SSSR count). The molecule has 40 heavy (non-hydrogen) atoms. The van der Waals surface area contributed by atoms with Gasteiger partial charge < -0.3 is 20.7 Å². The van der Waals surface area contributed by atoms with E-state index in [0.717, 1.165) is 23.3 Å². The fourth-order valence-electron chi connectivity index (χ4n) is 5.97. The summed E-state index contributed by atoms with van der Waals surface area (Å²) in [6, 6.07) is 9.13. The molecule has 214 valence electrons. The number of aromatic nitrogens is 1. The number of likely N-dealkylation sites (tertiary alicyclic amines) is 1. The topological polar surface area (TPSA) is 113 Å². The number of rotatable bonds is 5. The largest absolute Gasteiger partial charge is 0.381 e. The van der Waals surface area contributed by atoms with Crippen LogP contribution in [0.1, 0.15) is 42.5 Å². The van der Waals surface area contributed by atoms with Gasteiger partial charge in [-0.1, -0.05) is 42.5 Å². The fourth-order valence-corrected chi connectivity index (χ4v) is 6.65. The van der Waals surface area contributed by atoms with Gasteiger partial charge in [0, 0.05) is 49.8 Å². The maximum atomic E-state index is 13.7. The van der Waals surface area contributed by atoms with Crippen molar-refractivity contribution in [3.05, 3.63) is 59.1 Å². The molecule has 1 aromatic heterocycles. The Hall–Kier alpha value is -3.08. The number of benzene rings is 1. The van der Waals surface area contributed by atoms with Crippen LogP contribution in [-0.2, 0) is 25.5 Å². The number of nitrogens with zero attached hydrogens (tertiary/aromatic N) is 2. The summed E-state index contributed by atoms with van der Waals surface area (Å²) >= 11 is 1.46. The third kappa shape index (κ3) is 7.16. The van der Waals surface area contributed by atoms with Crippen LogP contribution in [0.3, 0.4) is 0 Å². The zero-order chi connectivity index (χ0) is 28.0. The van der Waals surface area contributed by atoms with Gasteiger partial charge in [0.2, 0.25) is 17.7 Å². The molecule has 0 bridgehead atoms. The SMILES string of the molecule is Cc1cnc(NC(=O)CN2CC[C@H]3NC(=O)[C@@H](Cc4ccccc4)NC(=O)C4(C/C=C/C[C@H]3C2)CCOCC4)s1. The van der Waals surface area contributed by atoms with Crippen LogP contribution < -0.4 is 16.0 Å². The molecule has 9 nitrogen and oxygen atoms in total. The minimum Gasteiger partial charge on any atom is -0.381 e. The lowest BCUT2D eigenvalue weighted by molar-refractivity contribution is -0.140. The van der Waals surface area contributed by atoms with Gasteiger partial charge in [-0.3, -0.25) is 19.3 Å². The average molecular weight is 566 g/mol. The average Bonchev–Trinajstić information content (AvgIpc) is 3.36. The third-order valence-corrected chi connectivity index (χ3v) is 9.16. The van der Waals surface area contributed by atoms with Crippen molar-refractivity contribution in [2.75, 3.05) is 38.2 Å². The molecular weight excluding hydrogens is 526 g/mol. The van der Waals surface area contributed by atoms with Gasteiger partial charge in [0.05, 0.1) is 12.0 Å². The lowest BCUT2D eigenvalue weighted by Gasteiger charge is -2.40. The monoisotopic (exact) mass is 565 g/mol. The predicted molar refractivity (Wildman–Crippen MR) is 155 cm³/mol. The lowest BCUT2D eigenvalue weighted by atomic mass is 9.75. The predicted octanol–water partition coefficient (Wildman–Crippen LogP) is 3.07. The zero-order valence-corrected chi connectivity index (χ0v) is 23.9. The number of ether oxygens (including phenoxy) is 1. The molecule has 2 fully saturated rings. The summed E-state index contributed by atoms with van der Waals surface area (Å²) in [5.74, 6) is -0.135. The Morgan fingerprint density at radius 1 is 1.18 bits per heavy atom. The number of carbonyl (C=O) groups excluding carboxylic acids is 3. The van der Waals surface area contributed by atoms with E-state index in [4.69, 9.17) is 4.74 Å². The maximum Gasteiger partial charge on any atom is 0.243 e. The van der Waals surface area contributed by atoms with Crippen molar-refractivity contribution >= 4 is 34.2 Å². The van der Waals surface area contributed by atoms with E-state index in [2.05, 4.69) is 38.0 Å². The second-order valence-corrected chi connectivity index (χ2v) is 12.5. The number of aryl methyl sites for hydroxylation is 1. The Morgan fingerprint density at radius 2 is 1.98 bits per heavy atom. The Labute approximate surface area is 239 Å². The number of piperidine rings is 1. The normalized spacial score (nSPS) is 26.5. The van der Waals surface area contributed by atoms with E-state index in [1.165, 1.54) is 11.3 Å². The number of fused-ring (bicyclic) bond motifs is 1. The molecule has 0 saturated carbocycles. The highest BCUT2D eigenvalue weighted by atomic mass is 32.1. The number of anilines is 1. The highest BCUT2D eigenvalue weighted by molar-refractivity contribution is 7.15. The summed E-state index contributed by atoms with van der Waals surface area (Å²) in [7, 11) is 0. The number of hydrogen-bond donors (Lipinski definition) is 3. The zero-order valence-electron chi connectivity index (χ0n) is 23.1. The van der Waals surface area contributed by atoms with Crippen LogP contribution in [0.25, 0.3) is 0 Å². The van der Waals surface area contributed by atoms with Gasteiger partial charge in [-0.25, -0.2) is 4.98 Å². The third-order valence-electron chi connectivity index (χ3n) is 8.33. The van der Waals surface area contributed by atoms with Crippen molar-refractivity contribution in [1.29, 1.82) is 0 Å². The highest BCUT2D eigenvalue weighted by Gasteiger charge is 2.41. The summed E-state index contributed by atoms with van der Waals surface area (Å²) in [5.41, 5.74) is 0.428. The maximum absolute atomic E-state index is 13.7. The second kappa shape index (κ2) is 13.1. The van der Waals surface area contributed by atoms with Gasteiger partial charge in [0.15, 0.2) is 5.13 Å². The van der Waals surface area contributed by atoms with Crippen LogP contribution in [0.4, 0.5) is 5.13 Å². The first-order valence-electron chi connectivity index (χ1n) is 14.2. The van der Waals surface area contributed by atoms with Crippen molar-refractivity contribution in [3.8, 4) is 0 Å². The van der Waals surface area contributed by atoms with Crippen LogP contribution >= 0.6 is 11.3 Å². The Kier molecular flexibility index (Phi) is 9.29. The van der Waals surface area contributed by atoms with Crippen LogP contribution in [0.5, 0.6) is 0 Å². The van der Waals surface area contributed by atoms with E-state index in [9.17, 15) is 14.4 Å². The van der Waals surface area contributed by atoms with Crippen LogP contribution in [0, 0.1) is 18.3 Å². The van der Waals surface area contributed by atoms with E-state index >= 15 is 0 Å². The molecule has 3 atom stereocenters. The van der Waals surface area contributed by atoms with Crippen LogP contribution in [0.2, 0.25) is 0 Å². The number of amides is 3. The summed E-state index contributed by atoms with van der Waals surface area (Å²) < 4.78 is 5.59. The molecule has 0 aliphatic carbocycles. The molecule has 3 aliphatic heterocycles. The van der Waals surface area contributed by atoms with Crippen molar-refractivity contribution in [2.24, 2.45) is 11.3 Å². The van der Waals surface area contributed by atoms with Gasteiger partial charge in [0.1, 0.15) is 6.04 Å². The van der Waals surface area contributed by atoms with Crippen LogP contribution in [0.15, 0.2) is 48.7 Å². The van der Waals surface area contributed by atoms with Crippen molar-refractivity contribution < 1.29 is 19.1 Å². The molecule has 1 spiro atoms. The molecule has 10 heteroatoms. The van der Waals surface area contributed by atoms with Gasteiger partial charge in [-0.2, -0.15) is 0 Å². The van der Waals surface area contributed by atoms with E-state index in [1.54, 1.807) is 6.20 Å². The molecule has 4 heterocycles.